The van der Waals surface area contributed by atoms with Crippen molar-refractivity contribution in [2.75, 3.05) is 0 Å². The SMILES string of the molecule is CC1(C)C2=C(CCC(c3ccc4c(c3)c3cc(-c5ccccc5)ccc3n4-c3ccc(-c4cccc5cccnc45)cc3)=C2)c2ccccc21. The van der Waals surface area contributed by atoms with Crippen LogP contribution in [-0.4, -0.2) is 9.55 Å². The van der Waals surface area contributed by atoms with Crippen LogP contribution < -0.4 is 0 Å². The second-order valence-electron chi connectivity index (χ2n) is 14.3. The number of hydrogen-bond donors (Lipinski definition) is 0. The minimum atomic E-state index is 0.0105. The highest BCUT2D eigenvalue weighted by Crippen LogP contribution is 2.52. The average Bonchev–Trinajstić information content (AvgIpc) is 3.62. The number of nitrogens with zero attached hydrogens (tertiary/aromatic N) is 2. The molecule has 0 spiro atoms. The van der Waals surface area contributed by atoms with Gasteiger partial charge in [-0.3, -0.25) is 4.98 Å². The number of rotatable bonds is 4. The quantitative estimate of drug-likeness (QED) is 0.187. The molecule has 0 fully saturated rings. The van der Waals surface area contributed by atoms with Crippen molar-refractivity contribution in [3.05, 3.63) is 180 Å². The molecule has 2 heteroatoms. The number of para-hydroxylation sites is 1. The Hall–Kier alpha value is -5.99. The van der Waals surface area contributed by atoms with Gasteiger partial charge >= 0.3 is 0 Å². The molecule has 2 aliphatic carbocycles. The highest BCUT2D eigenvalue weighted by Gasteiger charge is 2.37. The van der Waals surface area contributed by atoms with Crippen molar-refractivity contribution in [3.63, 3.8) is 0 Å². The maximum Gasteiger partial charge on any atom is 0.0780 e. The van der Waals surface area contributed by atoms with Gasteiger partial charge in [0.1, 0.15) is 0 Å². The summed E-state index contributed by atoms with van der Waals surface area (Å²) >= 11 is 0. The second kappa shape index (κ2) is 11.0. The first-order valence-electron chi connectivity index (χ1n) is 17.7. The van der Waals surface area contributed by atoms with Gasteiger partial charge < -0.3 is 4.57 Å². The molecule has 2 heterocycles. The maximum absolute atomic E-state index is 4.72. The summed E-state index contributed by atoms with van der Waals surface area (Å²) in [7, 11) is 0. The Morgan fingerprint density at radius 1 is 0.560 bits per heavy atom. The summed E-state index contributed by atoms with van der Waals surface area (Å²) in [6, 6.07) is 53.4. The molecule has 2 aromatic heterocycles. The van der Waals surface area contributed by atoms with E-state index < -0.39 is 0 Å². The summed E-state index contributed by atoms with van der Waals surface area (Å²) in [4.78, 5) is 4.72. The third-order valence-corrected chi connectivity index (χ3v) is 11.2. The van der Waals surface area contributed by atoms with Gasteiger partial charge in [-0.15, -0.1) is 0 Å². The maximum atomic E-state index is 4.72. The van der Waals surface area contributed by atoms with Crippen molar-refractivity contribution < 1.29 is 0 Å². The van der Waals surface area contributed by atoms with Crippen LogP contribution in [0.1, 0.15) is 43.4 Å². The Morgan fingerprint density at radius 2 is 1.24 bits per heavy atom. The van der Waals surface area contributed by atoms with Gasteiger partial charge in [-0.1, -0.05) is 123 Å². The fourth-order valence-corrected chi connectivity index (χ4v) is 8.67. The highest BCUT2D eigenvalue weighted by molar-refractivity contribution is 6.11. The zero-order chi connectivity index (χ0) is 33.4. The lowest BCUT2D eigenvalue weighted by molar-refractivity contribution is 0.652. The van der Waals surface area contributed by atoms with Crippen LogP contribution in [0, 0.1) is 0 Å². The fourth-order valence-electron chi connectivity index (χ4n) is 8.67. The summed E-state index contributed by atoms with van der Waals surface area (Å²) in [5, 5.41) is 3.71. The standard InChI is InChI=1S/C48H36N2/c1-48(2)43-16-7-6-14-39(43)40-24-19-36(30-44(40)48)35-21-26-46-42(29-35)41-28-34(31-10-4-3-5-11-31)20-25-45(41)50(46)37-22-17-32(18-23-37)38-15-8-12-33-13-9-27-49-47(33)38/h3-18,20-23,25-30H,19,24H2,1-2H3. The van der Waals surface area contributed by atoms with E-state index in [-0.39, 0.29) is 5.41 Å². The Kier molecular flexibility index (Phi) is 6.38. The van der Waals surface area contributed by atoms with E-state index in [0.717, 1.165) is 35.0 Å². The van der Waals surface area contributed by atoms with Crippen LogP contribution in [0.25, 0.3) is 71.8 Å². The van der Waals surface area contributed by atoms with Gasteiger partial charge in [0.05, 0.1) is 16.6 Å². The van der Waals surface area contributed by atoms with Crippen molar-refractivity contribution >= 4 is 43.9 Å². The smallest absolute Gasteiger partial charge is 0.0780 e. The molecule has 6 aromatic carbocycles. The fraction of sp³-hybridized carbons (Fsp3) is 0.104. The summed E-state index contributed by atoms with van der Waals surface area (Å²) in [5.74, 6) is 0. The zero-order valence-electron chi connectivity index (χ0n) is 28.3. The summed E-state index contributed by atoms with van der Waals surface area (Å²) in [5.41, 5.74) is 18.1. The second-order valence-corrected chi connectivity index (χ2v) is 14.3. The molecule has 0 saturated carbocycles. The van der Waals surface area contributed by atoms with Crippen LogP contribution in [0.3, 0.4) is 0 Å². The van der Waals surface area contributed by atoms with E-state index in [1.54, 1.807) is 0 Å². The number of benzene rings is 6. The molecule has 0 radical (unpaired) electrons. The summed E-state index contributed by atoms with van der Waals surface area (Å²) < 4.78 is 2.43. The summed E-state index contributed by atoms with van der Waals surface area (Å²) in [6.07, 6.45) is 6.52. The van der Waals surface area contributed by atoms with Crippen LogP contribution in [0.15, 0.2) is 163 Å². The number of pyridine rings is 1. The molecule has 0 amide bonds. The molecule has 0 saturated heterocycles. The zero-order valence-corrected chi connectivity index (χ0v) is 28.3. The first kappa shape index (κ1) is 29.0. The molecule has 0 unspecified atom stereocenters. The van der Waals surface area contributed by atoms with E-state index in [2.05, 4.69) is 164 Å². The Labute approximate surface area is 292 Å². The Bertz CT molecular complexity index is 2700. The molecule has 0 atom stereocenters. The van der Waals surface area contributed by atoms with Gasteiger partial charge in [0.25, 0.3) is 0 Å². The van der Waals surface area contributed by atoms with Crippen LogP contribution in [0.4, 0.5) is 0 Å². The van der Waals surface area contributed by atoms with Gasteiger partial charge in [0.2, 0.25) is 0 Å². The van der Waals surface area contributed by atoms with Crippen molar-refractivity contribution in [2.45, 2.75) is 32.1 Å². The normalized spacial score (nSPS) is 15.0. The number of aromatic nitrogens is 2. The van der Waals surface area contributed by atoms with E-state index >= 15 is 0 Å². The lowest BCUT2D eigenvalue weighted by atomic mass is 9.78. The third-order valence-electron chi connectivity index (χ3n) is 11.2. The van der Waals surface area contributed by atoms with Gasteiger partial charge in [-0.25, -0.2) is 0 Å². The topological polar surface area (TPSA) is 17.8 Å². The molecule has 8 aromatic rings. The van der Waals surface area contributed by atoms with E-state index in [9.17, 15) is 0 Å². The molecule has 2 aliphatic rings. The van der Waals surface area contributed by atoms with E-state index in [1.165, 1.54) is 71.9 Å². The predicted octanol–water partition coefficient (Wildman–Crippen LogP) is 12.6. The first-order valence-corrected chi connectivity index (χ1v) is 17.7. The molecule has 0 N–H and O–H groups in total. The van der Waals surface area contributed by atoms with E-state index in [4.69, 9.17) is 4.98 Å². The van der Waals surface area contributed by atoms with Crippen LogP contribution in [0.2, 0.25) is 0 Å². The minimum Gasteiger partial charge on any atom is -0.309 e. The van der Waals surface area contributed by atoms with Crippen molar-refractivity contribution in [1.82, 2.24) is 9.55 Å². The van der Waals surface area contributed by atoms with Crippen molar-refractivity contribution in [2.24, 2.45) is 0 Å². The van der Waals surface area contributed by atoms with Gasteiger partial charge in [-0.05, 0) is 105 Å². The van der Waals surface area contributed by atoms with Crippen LogP contribution in [0.5, 0.6) is 0 Å². The van der Waals surface area contributed by atoms with E-state index in [0.29, 0.717) is 0 Å². The van der Waals surface area contributed by atoms with Gasteiger partial charge in [0.15, 0.2) is 0 Å². The van der Waals surface area contributed by atoms with Crippen molar-refractivity contribution in [1.29, 1.82) is 0 Å². The molecule has 238 valence electrons. The third kappa shape index (κ3) is 4.38. The Balaban J connectivity index is 1.13. The van der Waals surface area contributed by atoms with Gasteiger partial charge in [0, 0.05) is 39.0 Å². The molecule has 0 aliphatic heterocycles. The van der Waals surface area contributed by atoms with Crippen LogP contribution >= 0.6 is 0 Å². The van der Waals surface area contributed by atoms with E-state index in [1.807, 2.05) is 12.3 Å². The largest absolute Gasteiger partial charge is 0.309 e. The number of fused-ring (bicyclic) bond motifs is 6. The predicted molar refractivity (Wildman–Crippen MR) is 211 cm³/mol. The number of hydrogen-bond acceptors (Lipinski definition) is 1. The molecular weight excluding hydrogens is 605 g/mol. The summed E-state index contributed by atoms with van der Waals surface area (Å²) in [6.45, 7) is 4.77. The molecular formula is C48H36N2. The molecule has 0 bridgehead atoms. The average molecular weight is 641 g/mol. The first-order chi connectivity index (χ1) is 24.5. The molecule has 50 heavy (non-hydrogen) atoms. The molecule has 10 rings (SSSR count). The lowest BCUT2D eigenvalue weighted by Gasteiger charge is -2.26. The Morgan fingerprint density at radius 3 is 2.06 bits per heavy atom. The number of allylic oxidation sites excluding steroid dienone is 4. The molecule has 2 nitrogen and oxygen atoms in total. The highest BCUT2D eigenvalue weighted by atomic mass is 15.0. The van der Waals surface area contributed by atoms with Gasteiger partial charge in [-0.2, -0.15) is 0 Å². The minimum absolute atomic E-state index is 0.0105. The van der Waals surface area contributed by atoms with Crippen LogP contribution in [-0.2, 0) is 5.41 Å². The lowest BCUT2D eigenvalue weighted by Crippen LogP contribution is -2.17. The van der Waals surface area contributed by atoms with Crippen molar-refractivity contribution in [3.8, 4) is 27.9 Å². The monoisotopic (exact) mass is 640 g/mol.